The van der Waals surface area contributed by atoms with Gasteiger partial charge in [0.25, 0.3) is 5.56 Å². The van der Waals surface area contributed by atoms with Gasteiger partial charge in [0, 0.05) is 6.92 Å². The van der Waals surface area contributed by atoms with Crippen molar-refractivity contribution >= 4 is 33.1 Å². The molecule has 2 aromatic heterocycles. The van der Waals surface area contributed by atoms with E-state index in [9.17, 15) is 19.8 Å². The lowest BCUT2D eigenvalue weighted by Crippen LogP contribution is -2.36. The second kappa shape index (κ2) is 6.00. The normalized spacial score (nSPS) is 27.5. The van der Waals surface area contributed by atoms with E-state index in [2.05, 4.69) is 30.9 Å². The number of halogens is 1. The Labute approximate surface area is 137 Å². The molecular weight excluding hydrogens is 376 g/mol. The topological polar surface area (TPSA) is 140 Å². The van der Waals surface area contributed by atoms with Gasteiger partial charge in [-0.2, -0.15) is 0 Å². The Hall–Kier alpha value is -1.82. The third kappa shape index (κ3) is 2.65. The fourth-order valence-corrected chi connectivity index (χ4v) is 3.06. The molecule has 11 heteroatoms. The summed E-state index contributed by atoms with van der Waals surface area (Å²) in [5, 5.41) is 19.5. The number of fused-ring (bicyclic) bond motifs is 1. The summed E-state index contributed by atoms with van der Waals surface area (Å²) < 4.78 is 12.3. The molecule has 3 rings (SSSR count). The number of aliphatic hydroxyl groups excluding tert-OH is 2. The Morgan fingerprint density at radius 1 is 1.61 bits per heavy atom. The number of hydrogen-bond acceptors (Lipinski definition) is 8. The van der Waals surface area contributed by atoms with Crippen molar-refractivity contribution < 1.29 is 24.5 Å². The second-order valence-electron chi connectivity index (χ2n) is 4.97. The van der Waals surface area contributed by atoms with Crippen LogP contribution in [-0.4, -0.2) is 60.6 Å². The summed E-state index contributed by atoms with van der Waals surface area (Å²) in [5.41, 5.74) is -0.198. The maximum Gasteiger partial charge on any atom is 0.303 e. The number of hydrogen-bond donors (Lipinski definition) is 3. The number of aliphatic hydroxyl groups is 2. The Morgan fingerprint density at radius 3 is 3.00 bits per heavy atom. The van der Waals surface area contributed by atoms with E-state index in [0.29, 0.717) is 0 Å². The molecule has 1 saturated heterocycles. The molecule has 10 nitrogen and oxygen atoms in total. The predicted octanol–water partition coefficient (Wildman–Crippen LogP) is -0.936. The van der Waals surface area contributed by atoms with E-state index < -0.39 is 42.7 Å². The van der Waals surface area contributed by atoms with Gasteiger partial charge in [0.15, 0.2) is 28.2 Å². The molecule has 1 aliphatic rings. The first kappa shape index (κ1) is 16.1. The van der Waals surface area contributed by atoms with Crippen LogP contribution in [0, 0.1) is 0 Å². The molecule has 4 atom stereocenters. The minimum Gasteiger partial charge on any atom is -0.455 e. The number of carbonyl (C=O) groups is 1. The predicted molar refractivity (Wildman–Crippen MR) is 78.4 cm³/mol. The van der Waals surface area contributed by atoms with Gasteiger partial charge in [-0.15, -0.1) is 0 Å². The third-order valence-electron chi connectivity index (χ3n) is 3.49. The highest BCUT2D eigenvalue weighted by molar-refractivity contribution is 9.10. The van der Waals surface area contributed by atoms with Gasteiger partial charge in [-0.25, -0.2) is 9.97 Å². The fraction of sp³-hybridized carbons (Fsp3) is 0.500. The molecular formula is C12H13BrN4O6. The lowest BCUT2D eigenvalue weighted by molar-refractivity contribution is -0.155. The SMILES string of the molecule is CC(=O)O[C@@H]1[C@H](O)[C@@H](CO)O[C@H]1n1c(Br)nc2c(=O)[nH]cnc21. The number of ether oxygens (including phenoxy) is 2. The van der Waals surface area contributed by atoms with Gasteiger partial charge in [-0.1, -0.05) is 0 Å². The number of nitrogens with zero attached hydrogens (tertiary/aromatic N) is 3. The molecule has 0 unspecified atom stereocenters. The molecule has 0 aliphatic carbocycles. The molecule has 0 amide bonds. The number of carbonyl (C=O) groups excluding carboxylic acids is 1. The first-order chi connectivity index (χ1) is 10.9. The van der Waals surface area contributed by atoms with Crippen molar-refractivity contribution in [1.29, 1.82) is 0 Å². The van der Waals surface area contributed by atoms with E-state index >= 15 is 0 Å². The third-order valence-corrected chi connectivity index (χ3v) is 4.05. The number of aromatic amines is 1. The van der Waals surface area contributed by atoms with Gasteiger partial charge < -0.3 is 24.7 Å². The smallest absolute Gasteiger partial charge is 0.303 e. The van der Waals surface area contributed by atoms with Crippen LogP contribution >= 0.6 is 15.9 Å². The van der Waals surface area contributed by atoms with Gasteiger partial charge in [0.2, 0.25) is 0 Å². The number of imidazole rings is 1. The molecule has 0 radical (unpaired) electrons. The zero-order valence-corrected chi connectivity index (χ0v) is 13.4. The maximum absolute atomic E-state index is 11.8. The molecule has 3 N–H and O–H groups in total. The molecule has 0 bridgehead atoms. The van der Waals surface area contributed by atoms with Gasteiger partial charge >= 0.3 is 5.97 Å². The van der Waals surface area contributed by atoms with Crippen LogP contribution < -0.4 is 5.56 Å². The van der Waals surface area contributed by atoms with Gasteiger partial charge in [0.1, 0.15) is 12.2 Å². The first-order valence-corrected chi connectivity index (χ1v) is 7.46. The molecule has 0 saturated carbocycles. The van der Waals surface area contributed by atoms with Crippen LogP contribution in [0.3, 0.4) is 0 Å². The summed E-state index contributed by atoms with van der Waals surface area (Å²) in [6, 6.07) is 0. The van der Waals surface area contributed by atoms with Crippen LogP contribution in [0.25, 0.3) is 11.2 Å². The van der Waals surface area contributed by atoms with Crippen molar-refractivity contribution in [2.75, 3.05) is 6.61 Å². The Balaban J connectivity index is 2.12. The summed E-state index contributed by atoms with van der Waals surface area (Å²) in [5.74, 6) is -0.618. The number of esters is 1. The van der Waals surface area contributed by atoms with Crippen molar-refractivity contribution in [2.24, 2.45) is 0 Å². The lowest BCUT2D eigenvalue weighted by atomic mass is 10.1. The minimum atomic E-state index is -1.24. The average Bonchev–Trinajstić information content (AvgIpc) is 2.98. The molecule has 1 fully saturated rings. The first-order valence-electron chi connectivity index (χ1n) is 6.66. The minimum absolute atomic E-state index is 0.0616. The van der Waals surface area contributed by atoms with Crippen LogP contribution in [0.15, 0.2) is 15.9 Å². The highest BCUT2D eigenvalue weighted by atomic mass is 79.9. The number of aromatic nitrogens is 4. The zero-order valence-electron chi connectivity index (χ0n) is 11.8. The fourth-order valence-electron chi connectivity index (χ4n) is 2.51. The van der Waals surface area contributed by atoms with Crippen molar-refractivity contribution in [1.82, 2.24) is 19.5 Å². The van der Waals surface area contributed by atoms with Crippen LogP contribution in [0.1, 0.15) is 13.2 Å². The Bertz CT molecular complexity index is 804. The monoisotopic (exact) mass is 388 g/mol. The summed E-state index contributed by atoms with van der Waals surface area (Å²) >= 11 is 3.20. The van der Waals surface area contributed by atoms with Crippen LogP contribution in [0.5, 0.6) is 0 Å². The van der Waals surface area contributed by atoms with Crippen LogP contribution in [0.2, 0.25) is 0 Å². The van der Waals surface area contributed by atoms with Gasteiger partial charge in [-0.3, -0.25) is 14.2 Å². The number of rotatable bonds is 3. The summed E-state index contributed by atoms with van der Waals surface area (Å²) in [4.78, 5) is 33.6. The standard InChI is InChI=1S/C12H13BrN4O6/c1-4(19)22-8-7(20)5(2-18)23-11(8)17-9-6(16-12(17)13)10(21)15-3-14-9/h3,5,7-8,11,18,20H,2H2,1H3,(H,14,15,21)/t5-,7-,8-,11-/m1/s1. The summed E-state index contributed by atoms with van der Waals surface area (Å²) in [7, 11) is 0. The average molecular weight is 389 g/mol. The molecule has 23 heavy (non-hydrogen) atoms. The molecule has 0 spiro atoms. The Morgan fingerprint density at radius 2 is 2.35 bits per heavy atom. The largest absolute Gasteiger partial charge is 0.455 e. The molecule has 124 valence electrons. The lowest BCUT2D eigenvalue weighted by Gasteiger charge is -2.21. The molecule has 3 heterocycles. The Kier molecular flexibility index (Phi) is 4.19. The quantitative estimate of drug-likeness (QED) is 0.452. The van der Waals surface area contributed by atoms with Crippen LogP contribution in [0.4, 0.5) is 0 Å². The highest BCUT2D eigenvalue weighted by Crippen LogP contribution is 2.35. The van der Waals surface area contributed by atoms with Crippen molar-refractivity contribution in [3.05, 3.63) is 21.4 Å². The highest BCUT2D eigenvalue weighted by Gasteiger charge is 2.48. The van der Waals surface area contributed by atoms with Gasteiger partial charge in [0.05, 0.1) is 12.9 Å². The van der Waals surface area contributed by atoms with Crippen molar-refractivity contribution in [3.8, 4) is 0 Å². The summed E-state index contributed by atoms with van der Waals surface area (Å²) in [6.07, 6.45) is -3.07. The van der Waals surface area contributed by atoms with E-state index in [1.807, 2.05) is 0 Å². The van der Waals surface area contributed by atoms with E-state index in [4.69, 9.17) is 9.47 Å². The number of nitrogens with one attached hydrogen (secondary N) is 1. The molecule has 1 aliphatic heterocycles. The van der Waals surface area contributed by atoms with E-state index in [0.717, 1.165) is 0 Å². The van der Waals surface area contributed by atoms with E-state index in [1.54, 1.807) is 0 Å². The number of H-pyrrole nitrogens is 1. The van der Waals surface area contributed by atoms with E-state index in [1.165, 1.54) is 17.8 Å². The maximum atomic E-state index is 11.8. The summed E-state index contributed by atoms with van der Waals surface area (Å²) in [6.45, 7) is 0.730. The second-order valence-corrected chi connectivity index (χ2v) is 5.68. The zero-order chi connectivity index (χ0) is 16.7. The van der Waals surface area contributed by atoms with Crippen molar-refractivity contribution in [3.63, 3.8) is 0 Å². The molecule has 2 aromatic rings. The van der Waals surface area contributed by atoms with Crippen molar-refractivity contribution in [2.45, 2.75) is 31.5 Å². The van der Waals surface area contributed by atoms with Gasteiger partial charge in [-0.05, 0) is 15.9 Å². The van der Waals surface area contributed by atoms with Crippen LogP contribution in [-0.2, 0) is 14.3 Å². The van der Waals surface area contributed by atoms with E-state index in [-0.39, 0.29) is 15.9 Å². The molecule has 0 aromatic carbocycles.